The van der Waals surface area contributed by atoms with E-state index < -0.39 is 15.3 Å². The highest BCUT2D eigenvalue weighted by Gasteiger charge is 2.74. The number of Topliss-reactive ketones (excluding diaryl/α,β-unsaturated/α-hetero) is 1. The smallest absolute Gasteiger partial charge is 0.156 e. The van der Waals surface area contributed by atoms with Gasteiger partial charge in [0.25, 0.3) is 0 Å². The summed E-state index contributed by atoms with van der Waals surface area (Å²) >= 11 is 0. The molecule has 1 heterocycles. The van der Waals surface area contributed by atoms with Gasteiger partial charge in [-0.2, -0.15) is 0 Å². The molecular formula is C11H16O3S. The molecule has 3 rings (SSSR count). The van der Waals surface area contributed by atoms with Crippen molar-refractivity contribution in [1.29, 1.82) is 0 Å². The van der Waals surface area contributed by atoms with Gasteiger partial charge in [-0.3, -0.25) is 4.79 Å². The summed E-state index contributed by atoms with van der Waals surface area (Å²) in [5, 5.41) is -0.347. The Morgan fingerprint density at radius 2 is 1.93 bits per heavy atom. The maximum absolute atomic E-state index is 12.1. The zero-order chi connectivity index (χ0) is 11.1. The van der Waals surface area contributed by atoms with E-state index in [2.05, 4.69) is 13.8 Å². The molecule has 3 aliphatic rings. The molecular weight excluding hydrogens is 212 g/mol. The van der Waals surface area contributed by atoms with Crippen LogP contribution in [0.2, 0.25) is 0 Å². The Morgan fingerprint density at radius 1 is 1.33 bits per heavy atom. The molecule has 84 valence electrons. The van der Waals surface area contributed by atoms with Crippen LogP contribution in [0, 0.1) is 16.7 Å². The van der Waals surface area contributed by atoms with Gasteiger partial charge in [0.2, 0.25) is 0 Å². The fourth-order valence-corrected chi connectivity index (χ4v) is 6.21. The molecule has 2 bridgehead atoms. The SMILES string of the molecule is CC1(C)C2CCC1(C1CS1(=O)=O)C(=O)C2. The lowest BCUT2D eigenvalue weighted by Gasteiger charge is -2.35. The molecule has 0 aromatic carbocycles. The number of carbonyl (C=O) groups is 1. The van der Waals surface area contributed by atoms with Gasteiger partial charge in [0, 0.05) is 6.42 Å². The minimum atomic E-state index is -2.91. The van der Waals surface area contributed by atoms with Crippen molar-refractivity contribution in [2.45, 2.75) is 38.4 Å². The van der Waals surface area contributed by atoms with Crippen molar-refractivity contribution in [2.24, 2.45) is 16.7 Å². The summed E-state index contributed by atoms with van der Waals surface area (Å²) in [5.41, 5.74) is -0.616. The molecule has 4 heteroatoms. The number of sulfone groups is 1. The fourth-order valence-electron chi connectivity index (χ4n) is 4.09. The molecule has 3 fully saturated rings. The average Bonchev–Trinajstić information content (AvgIpc) is 2.60. The van der Waals surface area contributed by atoms with Gasteiger partial charge in [-0.15, -0.1) is 0 Å². The van der Waals surface area contributed by atoms with Gasteiger partial charge in [0.15, 0.2) is 9.84 Å². The van der Waals surface area contributed by atoms with E-state index in [4.69, 9.17) is 0 Å². The summed E-state index contributed by atoms with van der Waals surface area (Å²) in [5.74, 6) is 0.880. The number of ketones is 1. The summed E-state index contributed by atoms with van der Waals surface area (Å²) in [6.45, 7) is 4.17. The summed E-state index contributed by atoms with van der Waals surface area (Å²) in [4.78, 5) is 12.1. The van der Waals surface area contributed by atoms with Crippen LogP contribution in [-0.2, 0) is 14.6 Å². The number of carbonyl (C=O) groups excluding carboxylic acids is 1. The van der Waals surface area contributed by atoms with E-state index >= 15 is 0 Å². The molecule has 1 saturated heterocycles. The van der Waals surface area contributed by atoms with E-state index in [1.54, 1.807) is 0 Å². The summed E-state index contributed by atoms with van der Waals surface area (Å²) < 4.78 is 23.1. The van der Waals surface area contributed by atoms with E-state index in [9.17, 15) is 13.2 Å². The third kappa shape index (κ3) is 0.884. The van der Waals surface area contributed by atoms with Gasteiger partial charge < -0.3 is 0 Å². The Labute approximate surface area is 90.2 Å². The first-order valence-electron chi connectivity index (χ1n) is 5.57. The van der Waals surface area contributed by atoms with E-state index in [-0.39, 0.29) is 22.2 Å². The molecule has 3 atom stereocenters. The first kappa shape index (κ1) is 9.82. The van der Waals surface area contributed by atoms with Crippen molar-refractivity contribution >= 4 is 15.6 Å². The van der Waals surface area contributed by atoms with Crippen LogP contribution in [0.15, 0.2) is 0 Å². The Balaban J connectivity index is 2.14. The predicted molar refractivity (Wildman–Crippen MR) is 56.1 cm³/mol. The molecule has 15 heavy (non-hydrogen) atoms. The Kier molecular flexibility index (Phi) is 1.51. The van der Waals surface area contributed by atoms with E-state index in [0.717, 1.165) is 12.8 Å². The lowest BCUT2D eigenvalue weighted by Crippen LogP contribution is -2.41. The van der Waals surface area contributed by atoms with E-state index in [0.29, 0.717) is 12.3 Å². The minimum absolute atomic E-state index is 0.0989. The van der Waals surface area contributed by atoms with Crippen LogP contribution in [0.4, 0.5) is 0 Å². The largest absolute Gasteiger partial charge is 0.299 e. The van der Waals surface area contributed by atoms with Crippen LogP contribution >= 0.6 is 0 Å². The van der Waals surface area contributed by atoms with Crippen molar-refractivity contribution < 1.29 is 13.2 Å². The first-order valence-corrected chi connectivity index (χ1v) is 7.29. The topological polar surface area (TPSA) is 51.2 Å². The maximum Gasteiger partial charge on any atom is 0.156 e. The zero-order valence-electron chi connectivity index (χ0n) is 9.12. The van der Waals surface area contributed by atoms with Crippen molar-refractivity contribution in [2.75, 3.05) is 5.75 Å². The normalized spacial score (nSPS) is 49.6. The predicted octanol–water partition coefficient (Wildman–Crippen LogP) is 1.18. The lowest BCUT2D eigenvalue weighted by atomic mass is 9.67. The van der Waals surface area contributed by atoms with Gasteiger partial charge in [0.05, 0.1) is 16.4 Å². The van der Waals surface area contributed by atoms with Gasteiger partial charge in [-0.05, 0) is 24.2 Å². The quantitative estimate of drug-likeness (QED) is 0.633. The minimum Gasteiger partial charge on any atom is -0.299 e. The van der Waals surface area contributed by atoms with Gasteiger partial charge in [-0.25, -0.2) is 8.42 Å². The number of hydrogen-bond donors (Lipinski definition) is 0. The standard InChI is InChI=1S/C11H16O3S/c1-10(2)7-3-4-11(10,8(12)5-7)9-6-15(9,13)14/h7,9H,3-6H2,1-2H3. The highest BCUT2D eigenvalue weighted by molar-refractivity contribution is 7.99. The Morgan fingerprint density at radius 3 is 2.27 bits per heavy atom. The summed E-state index contributed by atoms with van der Waals surface area (Å²) in [6, 6.07) is 0. The number of hydrogen-bond acceptors (Lipinski definition) is 3. The van der Waals surface area contributed by atoms with Crippen LogP contribution < -0.4 is 0 Å². The fraction of sp³-hybridized carbons (Fsp3) is 0.909. The molecule has 0 spiro atoms. The van der Waals surface area contributed by atoms with Crippen molar-refractivity contribution in [3.63, 3.8) is 0 Å². The van der Waals surface area contributed by atoms with E-state index in [1.807, 2.05) is 0 Å². The highest BCUT2D eigenvalue weighted by Crippen LogP contribution is 2.68. The molecule has 0 N–H and O–H groups in total. The molecule has 0 radical (unpaired) electrons. The van der Waals surface area contributed by atoms with E-state index in [1.165, 1.54) is 0 Å². The first-order chi connectivity index (χ1) is 6.82. The van der Waals surface area contributed by atoms with Crippen LogP contribution in [0.5, 0.6) is 0 Å². The van der Waals surface area contributed by atoms with Crippen molar-refractivity contribution in [3.05, 3.63) is 0 Å². The van der Waals surface area contributed by atoms with Crippen LogP contribution in [0.3, 0.4) is 0 Å². The second-order valence-corrected chi connectivity index (χ2v) is 8.10. The molecule has 2 aliphatic carbocycles. The molecule has 0 aromatic rings. The van der Waals surface area contributed by atoms with Gasteiger partial charge >= 0.3 is 0 Å². The monoisotopic (exact) mass is 228 g/mol. The molecule has 2 saturated carbocycles. The van der Waals surface area contributed by atoms with Crippen LogP contribution in [-0.4, -0.2) is 25.2 Å². The van der Waals surface area contributed by atoms with Crippen molar-refractivity contribution in [1.82, 2.24) is 0 Å². The molecule has 1 aliphatic heterocycles. The second kappa shape index (κ2) is 2.31. The Hall–Kier alpha value is -0.380. The summed E-state index contributed by atoms with van der Waals surface area (Å²) in [6.07, 6.45) is 2.44. The summed E-state index contributed by atoms with van der Waals surface area (Å²) in [7, 11) is -2.91. The number of fused-ring (bicyclic) bond motifs is 2. The van der Waals surface area contributed by atoms with Gasteiger partial charge in [0.1, 0.15) is 5.78 Å². The third-order valence-corrected chi connectivity index (χ3v) is 7.04. The molecule has 3 nitrogen and oxygen atoms in total. The second-order valence-electron chi connectivity index (χ2n) is 5.87. The third-order valence-electron chi connectivity index (χ3n) is 5.24. The number of rotatable bonds is 1. The molecule has 0 amide bonds. The molecule has 3 unspecified atom stereocenters. The average molecular weight is 228 g/mol. The zero-order valence-corrected chi connectivity index (χ0v) is 9.93. The van der Waals surface area contributed by atoms with Crippen molar-refractivity contribution in [3.8, 4) is 0 Å². The van der Waals surface area contributed by atoms with Crippen LogP contribution in [0.1, 0.15) is 33.1 Å². The lowest BCUT2D eigenvalue weighted by molar-refractivity contribution is -0.128. The maximum atomic E-state index is 12.1. The van der Waals surface area contributed by atoms with Gasteiger partial charge in [-0.1, -0.05) is 13.8 Å². The molecule has 0 aromatic heterocycles. The Bertz CT molecular complexity index is 448. The van der Waals surface area contributed by atoms with Crippen LogP contribution in [0.25, 0.3) is 0 Å². The highest BCUT2D eigenvalue weighted by atomic mass is 32.2.